The van der Waals surface area contributed by atoms with Crippen molar-refractivity contribution >= 4 is 39.5 Å². The van der Waals surface area contributed by atoms with E-state index in [0.29, 0.717) is 25.7 Å². The lowest BCUT2D eigenvalue weighted by Gasteiger charge is -2.21. The van der Waals surface area contributed by atoms with E-state index in [-0.39, 0.29) is 25.7 Å². The molecule has 0 aliphatic heterocycles. The lowest BCUT2D eigenvalue weighted by Crippen LogP contribution is -2.30. The zero-order valence-electron chi connectivity index (χ0n) is 66.8. The van der Waals surface area contributed by atoms with Crippen LogP contribution in [-0.2, 0) is 65.4 Å². The molecule has 0 radical (unpaired) electrons. The Hall–Kier alpha value is -1.94. The number of unbranched alkanes of at least 4 members (excludes halogenated alkanes) is 55. The Labute approximate surface area is 626 Å². The van der Waals surface area contributed by atoms with Crippen molar-refractivity contribution in [2.45, 2.75) is 464 Å². The topological polar surface area (TPSA) is 237 Å². The van der Waals surface area contributed by atoms with Crippen molar-refractivity contribution in [2.75, 3.05) is 39.6 Å². The first-order chi connectivity index (χ1) is 49.5. The highest BCUT2D eigenvalue weighted by Crippen LogP contribution is 2.45. The number of carbonyl (C=O) groups is 4. The van der Waals surface area contributed by atoms with Crippen molar-refractivity contribution in [1.82, 2.24) is 0 Å². The number of esters is 4. The molecule has 0 spiro atoms. The van der Waals surface area contributed by atoms with Gasteiger partial charge in [-0.1, -0.05) is 394 Å². The van der Waals surface area contributed by atoms with E-state index < -0.39 is 97.5 Å². The predicted molar refractivity (Wildman–Crippen MR) is 418 cm³/mol. The first-order valence-electron chi connectivity index (χ1n) is 43.1. The minimum Gasteiger partial charge on any atom is -0.462 e. The highest BCUT2D eigenvalue weighted by molar-refractivity contribution is 7.47. The molecule has 0 aromatic heterocycles. The van der Waals surface area contributed by atoms with Gasteiger partial charge in [-0.15, -0.1) is 0 Å². The Balaban J connectivity index is 5.23. The molecule has 606 valence electrons. The van der Waals surface area contributed by atoms with E-state index >= 15 is 0 Å². The molecule has 0 fully saturated rings. The fourth-order valence-corrected chi connectivity index (χ4v) is 14.5. The number of aliphatic hydroxyl groups excluding tert-OH is 1. The SMILES string of the molecule is CCCCCCCCCCCCCCCCCCCCCCC(=O)O[C@H](COC(=O)CCCCCCCCCCCCCCCCCC(C)C)COP(=O)(O)OC[C@@H](O)COP(=O)(O)OC[C@@H](COC(=O)CCCCCCCCCCCCC)OC(=O)CCCCCCCCCCCCCCC. The Morgan fingerprint density at radius 1 is 0.265 bits per heavy atom. The molecule has 19 heteroatoms. The molecule has 0 heterocycles. The molecule has 3 N–H and O–H groups in total. The summed E-state index contributed by atoms with van der Waals surface area (Å²) >= 11 is 0. The van der Waals surface area contributed by atoms with Gasteiger partial charge in [0.25, 0.3) is 0 Å². The quantitative estimate of drug-likeness (QED) is 0.0222. The predicted octanol–water partition coefficient (Wildman–Crippen LogP) is 25.2. The van der Waals surface area contributed by atoms with Gasteiger partial charge in [-0.3, -0.25) is 37.3 Å². The fraction of sp³-hybridized carbons (Fsp3) is 0.952. The highest BCUT2D eigenvalue weighted by atomic mass is 31.2. The zero-order chi connectivity index (χ0) is 74.8. The number of rotatable bonds is 83. The maximum atomic E-state index is 13.1. The highest BCUT2D eigenvalue weighted by Gasteiger charge is 2.30. The van der Waals surface area contributed by atoms with Crippen LogP contribution in [0.3, 0.4) is 0 Å². The van der Waals surface area contributed by atoms with Crippen molar-refractivity contribution in [3.05, 3.63) is 0 Å². The number of hydrogen-bond donors (Lipinski definition) is 3. The maximum absolute atomic E-state index is 13.1. The summed E-state index contributed by atoms with van der Waals surface area (Å²) in [6, 6.07) is 0. The van der Waals surface area contributed by atoms with Gasteiger partial charge in [0.15, 0.2) is 12.2 Å². The minimum atomic E-state index is -4.96. The van der Waals surface area contributed by atoms with Gasteiger partial charge >= 0.3 is 39.5 Å². The molecule has 0 aromatic carbocycles. The van der Waals surface area contributed by atoms with Crippen molar-refractivity contribution in [2.24, 2.45) is 5.92 Å². The Morgan fingerprint density at radius 3 is 0.667 bits per heavy atom. The van der Waals surface area contributed by atoms with Crippen molar-refractivity contribution < 1.29 is 80.2 Å². The van der Waals surface area contributed by atoms with Crippen LogP contribution in [0.4, 0.5) is 0 Å². The largest absolute Gasteiger partial charge is 0.472 e. The summed E-state index contributed by atoms with van der Waals surface area (Å²) in [6.45, 7) is 7.37. The number of ether oxygens (including phenoxy) is 4. The smallest absolute Gasteiger partial charge is 0.462 e. The van der Waals surface area contributed by atoms with Crippen molar-refractivity contribution in [3.63, 3.8) is 0 Å². The summed E-state index contributed by atoms with van der Waals surface area (Å²) in [5, 5.41) is 10.7. The number of hydrogen-bond acceptors (Lipinski definition) is 15. The van der Waals surface area contributed by atoms with E-state index in [1.807, 2.05) is 0 Å². The molecule has 0 bridgehead atoms. The first kappa shape index (κ1) is 100. The van der Waals surface area contributed by atoms with E-state index in [2.05, 4.69) is 34.6 Å². The average molecular weight is 1490 g/mol. The van der Waals surface area contributed by atoms with Gasteiger partial charge in [0.05, 0.1) is 26.4 Å². The van der Waals surface area contributed by atoms with Crippen LogP contribution in [0.5, 0.6) is 0 Å². The molecule has 0 aliphatic carbocycles. The maximum Gasteiger partial charge on any atom is 0.472 e. The molecule has 17 nitrogen and oxygen atoms in total. The third-order valence-electron chi connectivity index (χ3n) is 19.5. The minimum absolute atomic E-state index is 0.108. The number of phosphoric acid groups is 2. The van der Waals surface area contributed by atoms with Crippen LogP contribution >= 0.6 is 15.6 Å². The Kier molecular flexibility index (Phi) is 74.4. The molecular weight excluding hydrogens is 1330 g/mol. The summed E-state index contributed by atoms with van der Waals surface area (Å²) < 4.78 is 68.8. The number of carbonyl (C=O) groups excluding carboxylic acids is 4. The van der Waals surface area contributed by atoms with Gasteiger partial charge in [0, 0.05) is 25.7 Å². The Morgan fingerprint density at radius 2 is 0.451 bits per heavy atom. The van der Waals surface area contributed by atoms with Crippen molar-refractivity contribution in [1.29, 1.82) is 0 Å². The zero-order valence-corrected chi connectivity index (χ0v) is 68.5. The number of aliphatic hydroxyl groups is 1. The second-order valence-corrected chi connectivity index (χ2v) is 33.3. The molecule has 102 heavy (non-hydrogen) atoms. The van der Waals surface area contributed by atoms with Gasteiger partial charge in [-0.05, 0) is 31.6 Å². The van der Waals surface area contributed by atoms with Crippen LogP contribution in [-0.4, -0.2) is 96.7 Å². The van der Waals surface area contributed by atoms with Gasteiger partial charge in [-0.25, -0.2) is 9.13 Å². The van der Waals surface area contributed by atoms with E-state index in [0.717, 1.165) is 95.8 Å². The summed E-state index contributed by atoms with van der Waals surface area (Å²) in [4.78, 5) is 73.1. The van der Waals surface area contributed by atoms with Gasteiger partial charge < -0.3 is 33.8 Å². The summed E-state index contributed by atoms with van der Waals surface area (Å²) in [5.41, 5.74) is 0. The van der Waals surface area contributed by atoms with Crippen LogP contribution < -0.4 is 0 Å². The van der Waals surface area contributed by atoms with Gasteiger partial charge in [0.1, 0.15) is 19.3 Å². The van der Waals surface area contributed by atoms with Gasteiger partial charge in [-0.2, -0.15) is 0 Å². The molecule has 0 rings (SSSR count). The average Bonchev–Trinajstić information content (AvgIpc) is 0.935. The monoisotopic (exact) mass is 1490 g/mol. The first-order valence-corrected chi connectivity index (χ1v) is 46.1. The van der Waals surface area contributed by atoms with Gasteiger partial charge in [0.2, 0.25) is 0 Å². The lowest BCUT2D eigenvalue weighted by atomic mass is 10.0. The van der Waals surface area contributed by atoms with Crippen LogP contribution in [0.25, 0.3) is 0 Å². The second kappa shape index (κ2) is 75.9. The summed E-state index contributed by atoms with van der Waals surface area (Å²) in [6.07, 6.45) is 67.9. The molecular formula is C83H162O17P2. The molecule has 0 aliphatic rings. The normalized spacial score (nSPS) is 13.8. The molecule has 0 saturated carbocycles. The van der Waals surface area contributed by atoms with E-state index in [1.54, 1.807) is 0 Å². The molecule has 2 unspecified atom stereocenters. The van der Waals surface area contributed by atoms with Crippen molar-refractivity contribution in [3.8, 4) is 0 Å². The van der Waals surface area contributed by atoms with E-state index in [4.69, 9.17) is 37.0 Å². The standard InChI is InChI=1S/C83H162O17P2/c1-6-9-12-15-18-21-24-26-27-28-29-30-31-34-39-44-49-54-59-64-69-83(88)100-79(73-94-81(86)67-62-57-52-47-42-38-35-32-33-37-41-45-50-55-60-65-76(4)5)75-98-102(91,92)96-71-77(84)70-95-101(89,90)97-74-78(72-93-80(85)66-61-56-51-46-40-23-20-17-14-11-8-3)99-82(87)68-63-58-53-48-43-36-25-22-19-16-13-10-7-2/h76-79,84H,6-75H2,1-5H3,(H,89,90)(H,91,92)/t77-,78+,79+/m0/s1. The fourth-order valence-electron chi connectivity index (χ4n) is 12.9. The molecule has 5 atom stereocenters. The van der Waals surface area contributed by atoms with E-state index in [1.165, 1.54) is 270 Å². The van der Waals surface area contributed by atoms with Crippen LogP contribution in [0.1, 0.15) is 446 Å². The number of phosphoric ester groups is 2. The second-order valence-electron chi connectivity index (χ2n) is 30.3. The van der Waals surface area contributed by atoms with Crippen LogP contribution in [0, 0.1) is 5.92 Å². The van der Waals surface area contributed by atoms with Crippen LogP contribution in [0.2, 0.25) is 0 Å². The third-order valence-corrected chi connectivity index (χ3v) is 21.4. The molecule has 0 aromatic rings. The molecule has 0 amide bonds. The molecule has 0 saturated heterocycles. The Bertz CT molecular complexity index is 1940. The van der Waals surface area contributed by atoms with Crippen LogP contribution in [0.15, 0.2) is 0 Å². The lowest BCUT2D eigenvalue weighted by molar-refractivity contribution is -0.161. The van der Waals surface area contributed by atoms with E-state index in [9.17, 15) is 43.2 Å². The summed E-state index contributed by atoms with van der Waals surface area (Å²) in [7, 11) is -9.92. The summed E-state index contributed by atoms with van der Waals surface area (Å²) in [5.74, 6) is -1.30. The third kappa shape index (κ3) is 76.3.